The number of fused-ring (bicyclic) bond motifs is 1. The van der Waals surface area contributed by atoms with Crippen LogP contribution in [0.2, 0.25) is 5.02 Å². The summed E-state index contributed by atoms with van der Waals surface area (Å²) in [5.41, 5.74) is 7.11. The highest BCUT2D eigenvalue weighted by Crippen LogP contribution is 2.41. The molecule has 2 heterocycles. The minimum atomic E-state index is -5.08. The zero-order chi connectivity index (χ0) is 29.1. The average Bonchev–Trinajstić information content (AvgIpc) is 3.45. The van der Waals surface area contributed by atoms with Crippen LogP contribution in [-0.4, -0.2) is 63.2 Å². The van der Waals surface area contributed by atoms with E-state index in [1.165, 1.54) is 24.3 Å². The summed E-state index contributed by atoms with van der Waals surface area (Å²) in [5, 5.41) is 25.4. The summed E-state index contributed by atoms with van der Waals surface area (Å²) < 4.78 is 44.9. The normalized spacial score (nSPS) is 16.3. The summed E-state index contributed by atoms with van der Waals surface area (Å²) in [6.45, 7) is 2.59. The zero-order valence-electron chi connectivity index (χ0n) is 20.2. The minimum absolute atomic E-state index is 0.0440. The second-order valence-electron chi connectivity index (χ2n) is 8.59. The van der Waals surface area contributed by atoms with Crippen LogP contribution in [0.15, 0.2) is 46.6 Å². The first-order valence-corrected chi connectivity index (χ1v) is 11.7. The number of likely N-dealkylation sites (tertiary alicyclic amines) is 1. The van der Waals surface area contributed by atoms with Crippen LogP contribution in [0.3, 0.4) is 0 Å². The van der Waals surface area contributed by atoms with E-state index in [9.17, 15) is 32.3 Å². The summed E-state index contributed by atoms with van der Waals surface area (Å²) in [6, 6.07) is 8.60. The smallest absolute Gasteiger partial charge is 0.490 e. The summed E-state index contributed by atoms with van der Waals surface area (Å²) in [5.74, 6) is -5.02. The number of nitrogens with one attached hydrogen (secondary N) is 1. The van der Waals surface area contributed by atoms with Crippen molar-refractivity contribution < 1.29 is 42.2 Å². The summed E-state index contributed by atoms with van der Waals surface area (Å²) in [6.07, 6.45) is -4.37. The fraction of sp³-hybridized carbons (Fsp3) is 0.292. The van der Waals surface area contributed by atoms with E-state index in [2.05, 4.69) is 15.2 Å². The topological polar surface area (TPSA) is 161 Å². The van der Waals surface area contributed by atoms with Crippen LogP contribution in [0.1, 0.15) is 35.2 Å². The van der Waals surface area contributed by atoms with Crippen molar-refractivity contribution in [2.75, 3.05) is 13.1 Å². The largest absolute Gasteiger partial charge is 0.493 e. The van der Waals surface area contributed by atoms with Crippen molar-refractivity contribution in [2.45, 2.75) is 31.5 Å². The number of amides is 2. The van der Waals surface area contributed by atoms with E-state index in [1.807, 2.05) is 0 Å². The van der Waals surface area contributed by atoms with E-state index in [1.54, 1.807) is 24.0 Å². The molecule has 2 amide bonds. The van der Waals surface area contributed by atoms with Crippen LogP contribution in [0.25, 0.3) is 10.9 Å². The van der Waals surface area contributed by atoms with Gasteiger partial charge in [-0.2, -0.15) is 13.2 Å². The lowest BCUT2D eigenvalue weighted by molar-refractivity contribution is -0.192. The van der Waals surface area contributed by atoms with Gasteiger partial charge in [0.2, 0.25) is 5.88 Å². The molecule has 208 valence electrons. The number of carboxylic acids is 1. The fourth-order valence-corrected chi connectivity index (χ4v) is 4.04. The van der Waals surface area contributed by atoms with E-state index >= 15 is 0 Å². The monoisotopic (exact) mass is 571 g/mol. The van der Waals surface area contributed by atoms with Gasteiger partial charge in [-0.1, -0.05) is 23.7 Å². The highest BCUT2D eigenvalue weighted by Gasteiger charge is 2.38. The third-order valence-corrected chi connectivity index (χ3v) is 6.22. The Labute approximate surface area is 223 Å². The summed E-state index contributed by atoms with van der Waals surface area (Å²) in [7, 11) is 0. The van der Waals surface area contributed by atoms with E-state index < -0.39 is 29.8 Å². The highest BCUT2D eigenvalue weighted by molar-refractivity contribution is 6.39. The number of carbonyl (C=O) groups is 3. The Kier molecular flexibility index (Phi) is 8.92. The van der Waals surface area contributed by atoms with Crippen LogP contribution in [-0.2, 0) is 9.59 Å². The van der Waals surface area contributed by atoms with Crippen molar-refractivity contribution in [1.82, 2.24) is 9.88 Å². The van der Waals surface area contributed by atoms with Crippen molar-refractivity contribution in [3.05, 3.63) is 58.4 Å². The molecule has 4 rings (SSSR count). The zero-order valence-corrected chi connectivity index (χ0v) is 20.9. The lowest BCUT2D eigenvalue weighted by Crippen LogP contribution is -2.32. The molecule has 15 heteroatoms. The van der Waals surface area contributed by atoms with Gasteiger partial charge in [-0.25, -0.2) is 9.18 Å². The summed E-state index contributed by atoms with van der Waals surface area (Å²) >= 11 is 6.53. The number of aromatic hydroxyl groups is 1. The van der Waals surface area contributed by atoms with Crippen LogP contribution >= 0.6 is 11.6 Å². The van der Waals surface area contributed by atoms with Gasteiger partial charge >= 0.3 is 12.1 Å². The van der Waals surface area contributed by atoms with Gasteiger partial charge in [0.05, 0.1) is 27.4 Å². The maximum Gasteiger partial charge on any atom is 0.490 e. The van der Waals surface area contributed by atoms with Crippen molar-refractivity contribution in [3.63, 3.8) is 0 Å². The van der Waals surface area contributed by atoms with Gasteiger partial charge in [0.1, 0.15) is 5.82 Å². The molecule has 1 fully saturated rings. The quantitative estimate of drug-likeness (QED) is 0.257. The predicted molar refractivity (Wildman–Crippen MR) is 131 cm³/mol. The predicted octanol–water partition coefficient (Wildman–Crippen LogP) is 4.89. The molecular weight excluding hydrogens is 550 g/mol. The molecule has 0 spiro atoms. The van der Waals surface area contributed by atoms with E-state index in [0.717, 1.165) is 0 Å². The fourth-order valence-electron chi connectivity index (χ4n) is 3.70. The standard InChI is InChI=1S/C22H21ClFN5O3.C2HF3O2/c1-11(12-2-4-13(24)5-3-12)20(30)28-27-19-17-16(26-21(19)31)7-6-15(18(17)23)22(32)29-9-8-14(25)10-29;3-2(4,5)1(6)7/h2-7,11,14,26,31H,8-10,25H2,1H3;(H,6,7)/t11?,14-;/m0./s1. The third kappa shape index (κ3) is 6.89. The second-order valence-corrected chi connectivity index (χ2v) is 8.96. The van der Waals surface area contributed by atoms with E-state index in [-0.39, 0.29) is 39.5 Å². The van der Waals surface area contributed by atoms with Crippen molar-refractivity contribution in [1.29, 1.82) is 0 Å². The number of alkyl halides is 3. The molecule has 2 atom stereocenters. The van der Waals surface area contributed by atoms with Crippen LogP contribution in [0.4, 0.5) is 23.2 Å². The molecule has 0 bridgehead atoms. The van der Waals surface area contributed by atoms with Crippen molar-refractivity contribution in [2.24, 2.45) is 16.0 Å². The number of halogens is 5. The molecule has 1 aliphatic rings. The van der Waals surface area contributed by atoms with Crippen LogP contribution in [0.5, 0.6) is 5.88 Å². The number of hydrogen-bond donors (Lipinski definition) is 4. The second kappa shape index (κ2) is 11.8. The molecule has 1 saturated heterocycles. The van der Waals surface area contributed by atoms with Crippen molar-refractivity contribution >= 4 is 46.0 Å². The number of nitrogens with two attached hydrogens (primary N) is 1. The minimum Gasteiger partial charge on any atom is -0.493 e. The molecule has 0 saturated carbocycles. The van der Waals surface area contributed by atoms with Gasteiger partial charge in [-0.05, 0) is 43.2 Å². The van der Waals surface area contributed by atoms with Crippen LogP contribution in [0, 0.1) is 5.82 Å². The van der Waals surface area contributed by atoms with E-state index in [0.29, 0.717) is 30.6 Å². The molecule has 10 nitrogen and oxygen atoms in total. The lowest BCUT2D eigenvalue weighted by atomic mass is 10.0. The van der Waals surface area contributed by atoms with Gasteiger partial charge < -0.3 is 25.8 Å². The SMILES string of the molecule is CC(C(=O)N=Nc1c(O)[nH]c2ccc(C(=O)N3CC[C@H](N)C3)c(Cl)c12)c1ccc(F)cc1.O=C(O)C(F)(F)F. The van der Waals surface area contributed by atoms with Gasteiger partial charge in [0.15, 0.2) is 5.69 Å². The molecule has 39 heavy (non-hydrogen) atoms. The van der Waals surface area contributed by atoms with E-state index in [4.69, 9.17) is 27.2 Å². The highest BCUT2D eigenvalue weighted by atomic mass is 35.5. The molecule has 0 radical (unpaired) electrons. The number of benzene rings is 2. The first-order valence-electron chi connectivity index (χ1n) is 11.3. The number of azo groups is 1. The molecule has 1 unspecified atom stereocenters. The van der Waals surface area contributed by atoms with Crippen LogP contribution < -0.4 is 5.73 Å². The Balaban J connectivity index is 0.000000532. The first-order chi connectivity index (χ1) is 18.2. The molecule has 1 aromatic heterocycles. The number of carboxylic acid groups (broad SMARTS) is 1. The summed E-state index contributed by atoms with van der Waals surface area (Å²) in [4.78, 5) is 38.6. The molecule has 3 aromatic rings. The molecule has 1 aliphatic heterocycles. The van der Waals surface area contributed by atoms with Gasteiger partial charge in [0.25, 0.3) is 11.8 Å². The number of carbonyl (C=O) groups excluding carboxylic acids is 2. The number of aromatic amines is 1. The lowest BCUT2D eigenvalue weighted by Gasteiger charge is -2.16. The first kappa shape index (κ1) is 29.5. The number of nitrogens with zero attached hydrogens (tertiary/aromatic N) is 3. The average molecular weight is 572 g/mol. The van der Waals surface area contributed by atoms with Gasteiger partial charge in [-0.15, -0.1) is 10.2 Å². The van der Waals surface area contributed by atoms with Gasteiger partial charge in [0, 0.05) is 19.1 Å². The maximum absolute atomic E-state index is 13.1. The third-order valence-electron chi connectivity index (χ3n) is 5.83. The molecule has 2 aromatic carbocycles. The van der Waals surface area contributed by atoms with Gasteiger partial charge in [-0.3, -0.25) is 9.59 Å². The molecular formula is C24H22ClF4N5O5. The number of hydrogen-bond acceptors (Lipinski definition) is 6. The number of aliphatic carboxylic acids is 1. The Morgan fingerprint density at radius 3 is 2.33 bits per heavy atom. The molecule has 0 aliphatic carbocycles. The number of rotatable bonds is 4. The number of aromatic nitrogens is 1. The Bertz CT molecular complexity index is 1430. The molecule has 5 N–H and O–H groups in total. The Morgan fingerprint density at radius 1 is 1.18 bits per heavy atom. The number of H-pyrrole nitrogens is 1. The van der Waals surface area contributed by atoms with Crippen molar-refractivity contribution in [3.8, 4) is 5.88 Å². The maximum atomic E-state index is 13.1. The Hall–Kier alpha value is -4.04. The Morgan fingerprint density at radius 2 is 1.79 bits per heavy atom.